The van der Waals surface area contributed by atoms with E-state index < -0.39 is 0 Å². The van der Waals surface area contributed by atoms with Crippen LogP contribution in [-0.2, 0) is 4.79 Å². The van der Waals surface area contributed by atoms with E-state index in [1.807, 2.05) is 0 Å². The molecule has 2 fully saturated rings. The quantitative estimate of drug-likeness (QED) is 0.773. The fourth-order valence-corrected chi connectivity index (χ4v) is 3.14. The summed E-state index contributed by atoms with van der Waals surface area (Å²) in [6, 6.07) is 0.653. The zero-order valence-electron chi connectivity index (χ0n) is 9.96. The molecule has 2 heteroatoms. The number of rotatable bonds is 3. The van der Waals surface area contributed by atoms with E-state index in [1.54, 1.807) is 0 Å². The highest BCUT2D eigenvalue weighted by molar-refractivity contribution is 5.81. The van der Waals surface area contributed by atoms with Gasteiger partial charge in [-0.15, -0.1) is 0 Å². The third kappa shape index (κ3) is 2.60. The maximum atomic E-state index is 12.0. The highest BCUT2D eigenvalue weighted by Crippen LogP contribution is 2.35. The molecule has 0 amide bonds. The summed E-state index contributed by atoms with van der Waals surface area (Å²) in [5, 5.41) is 3.54. The van der Waals surface area contributed by atoms with Crippen molar-refractivity contribution in [3.63, 3.8) is 0 Å². The molecule has 0 aromatic carbocycles. The van der Waals surface area contributed by atoms with Crippen molar-refractivity contribution in [3.05, 3.63) is 0 Å². The van der Waals surface area contributed by atoms with Gasteiger partial charge in [-0.3, -0.25) is 4.79 Å². The topological polar surface area (TPSA) is 29.1 Å². The Morgan fingerprint density at radius 3 is 2.87 bits per heavy atom. The molecule has 1 N–H and O–H groups in total. The number of ketones is 1. The Hall–Kier alpha value is -0.370. The van der Waals surface area contributed by atoms with Crippen molar-refractivity contribution in [1.29, 1.82) is 0 Å². The molecule has 15 heavy (non-hydrogen) atoms. The highest BCUT2D eigenvalue weighted by atomic mass is 16.1. The Morgan fingerprint density at radius 1 is 1.33 bits per heavy atom. The van der Waals surface area contributed by atoms with E-state index in [2.05, 4.69) is 19.2 Å². The molecular weight excluding hydrogens is 186 g/mol. The van der Waals surface area contributed by atoms with Crippen molar-refractivity contribution < 1.29 is 4.79 Å². The number of carbonyl (C=O) groups excluding carboxylic acids is 1. The summed E-state index contributed by atoms with van der Waals surface area (Å²) in [6.07, 6.45) is 5.63. The molecule has 3 atom stereocenters. The second-order valence-electron chi connectivity index (χ2n) is 5.68. The Labute approximate surface area is 92.8 Å². The molecule has 86 valence electrons. The zero-order valence-corrected chi connectivity index (χ0v) is 9.96. The minimum atomic E-state index is 0.360. The van der Waals surface area contributed by atoms with Crippen LogP contribution in [0, 0.1) is 17.8 Å². The van der Waals surface area contributed by atoms with Crippen LogP contribution in [0.3, 0.4) is 0 Å². The largest absolute Gasteiger partial charge is 0.314 e. The number of Topliss-reactive ketones (excluding diaryl/α,β-unsaturated/α-hetero) is 1. The lowest BCUT2D eigenvalue weighted by atomic mass is 9.76. The predicted octanol–water partition coefficient (Wildman–Crippen LogP) is 2.38. The monoisotopic (exact) mass is 209 g/mol. The van der Waals surface area contributed by atoms with Crippen molar-refractivity contribution >= 4 is 5.78 Å². The van der Waals surface area contributed by atoms with Gasteiger partial charge in [0.25, 0.3) is 0 Å². The molecule has 0 aromatic rings. The van der Waals surface area contributed by atoms with E-state index in [4.69, 9.17) is 0 Å². The first-order valence-electron chi connectivity index (χ1n) is 6.43. The molecule has 0 aromatic heterocycles. The van der Waals surface area contributed by atoms with E-state index >= 15 is 0 Å². The standard InChI is InChI=1S/C13H23NO/c1-9(2)7-13(15)11-4-3-10-5-6-14-12(10)8-11/h9-12,14H,3-8H2,1-2H3. The summed E-state index contributed by atoms with van der Waals surface area (Å²) in [5.41, 5.74) is 0. The average Bonchev–Trinajstić information content (AvgIpc) is 2.62. The van der Waals surface area contributed by atoms with E-state index in [0.29, 0.717) is 23.7 Å². The zero-order chi connectivity index (χ0) is 10.8. The minimum absolute atomic E-state index is 0.360. The molecule has 1 aliphatic carbocycles. The van der Waals surface area contributed by atoms with Crippen LogP contribution in [0.2, 0.25) is 0 Å². The molecule has 1 heterocycles. The van der Waals surface area contributed by atoms with Crippen LogP contribution in [0.5, 0.6) is 0 Å². The summed E-state index contributed by atoms with van der Waals surface area (Å²) in [5.74, 6) is 2.26. The number of fused-ring (bicyclic) bond motifs is 1. The molecule has 1 saturated carbocycles. The summed E-state index contributed by atoms with van der Waals surface area (Å²) >= 11 is 0. The van der Waals surface area contributed by atoms with Gasteiger partial charge in [-0.05, 0) is 44.1 Å². The van der Waals surface area contributed by atoms with Gasteiger partial charge in [0.2, 0.25) is 0 Å². The number of hydrogen-bond donors (Lipinski definition) is 1. The number of hydrogen-bond acceptors (Lipinski definition) is 2. The molecule has 1 saturated heterocycles. The van der Waals surface area contributed by atoms with Crippen molar-refractivity contribution in [2.45, 2.75) is 52.0 Å². The maximum Gasteiger partial charge on any atom is 0.136 e. The van der Waals surface area contributed by atoms with Crippen LogP contribution in [0.15, 0.2) is 0 Å². The fourth-order valence-electron chi connectivity index (χ4n) is 3.14. The Kier molecular flexibility index (Phi) is 3.45. The number of nitrogens with one attached hydrogen (secondary N) is 1. The fraction of sp³-hybridized carbons (Fsp3) is 0.923. The van der Waals surface area contributed by atoms with Gasteiger partial charge < -0.3 is 5.32 Å². The third-order valence-corrected chi connectivity index (χ3v) is 3.98. The molecule has 0 spiro atoms. The second kappa shape index (κ2) is 4.65. The average molecular weight is 209 g/mol. The van der Waals surface area contributed by atoms with E-state index in [1.165, 1.54) is 19.4 Å². The Balaban J connectivity index is 1.86. The maximum absolute atomic E-state index is 12.0. The first kappa shape index (κ1) is 11.1. The van der Waals surface area contributed by atoms with Gasteiger partial charge in [-0.25, -0.2) is 0 Å². The van der Waals surface area contributed by atoms with Gasteiger partial charge in [0.15, 0.2) is 0 Å². The lowest BCUT2D eigenvalue weighted by molar-refractivity contribution is -0.125. The molecule has 0 radical (unpaired) electrons. The minimum Gasteiger partial charge on any atom is -0.314 e. The van der Waals surface area contributed by atoms with Crippen molar-refractivity contribution in [1.82, 2.24) is 5.32 Å². The molecular formula is C13H23NO. The Morgan fingerprint density at radius 2 is 2.13 bits per heavy atom. The normalized spacial score (nSPS) is 35.5. The van der Waals surface area contributed by atoms with Crippen LogP contribution in [0.1, 0.15) is 46.0 Å². The van der Waals surface area contributed by atoms with Crippen LogP contribution in [0.4, 0.5) is 0 Å². The highest BCUT2D eigenvalue weighted by Gasteiger charge is 2.35. The van der Waals surface area contributed by atoms with Gasteiger partial charge in [-0.2, -0.15) is 0 Å². The third-order valence-electron chi connectivity index (χ3n) is 3.98. The van der Waals surface area contributed by atoms with Gasteiger partial charge in [0.1, 0.15) is 5.78 Å². The Bertz CT molecular complexity index is 237. The lowest BCUT2D eigenvalue weighted by Crippen LogP contribution is -2.36. The van der Waals surface area contributed by atoms with Gasteiger partial charge >= 0.3 is 0 Å². The molecule has 2 nitrogen and oxygen atoms in total. The predicted molar refractivity (Wildman–Crippen MR) is 61.7 cm³/mol. The summed E-state index contributed by atoms with van der Waals surface area (Å²) in [7, 11) is 0. The molecule has 1 aliphatic heterocycles. The summed E-state index contributed by atoms with van der Waals surface area (Å²) < 4.78 is 0. The van der Waals surface area contributed by atoms with Crippen molar-refractivity contribution in [2.75, 3.05) is 6.54 Å². The van der Waals surface area contributed by atoms with Crippen LogP contribution >= 0.6 is 0 Å². The second-order valence-corrected chi connectivity index (χ2v) is 5.68. The van der Waals surface area contributed by atoms with E-state index in [-0.39, 0.29) is 0 Å². The molecule has 2 aliphatic rings. The van der Waals surface area contributed by atoms with Gasteiger partial charge in [0, 0.05) is 18.4 Å². The first-order chi connectivity index (χ1) is 7.16. The molecule has 0 bridgehead atoms. The van der Waals surface area contributed by atoms with E-state index in [9.17, 15) is 4.79 Å². The van der Waals surface area contributed by atoms with Crippen LogP contribution < -0.4 is 5.32 Å². The van der Waals surface area contributed by atoms with Crippen LogP contribution in [-0.4, -0.2) is 18.4 Å². The van der Waals surface area contributed by atoms with Gasteiger partial charge in [-0.1, -0.05) is 13.8 Å². The first-order valence-corrected chi connectivity index (χ1v) is 6.43. The molecule has 3 unspecified atom stereocenters. The smallest absolute Gasteiger partial charge is 0.136 e. The van der Waals surface area contributed by atoms with Gasteiger partial charge in [0.05, 0.1) is 0 Å². The SMILES string of the molecule is CC(C)CC(=O)C1CCC2CCNC2C1. The summed E-state index contributed by atoms with van der Waals surface area (Å²) in [4.78, 5) is 12.0. The number of carbonyl (C=O) groups is 1. The molecule has 2 rings (SSSR count). The van der Waals surface area contributed by atoms with E-state index in [0.717, 1.165) is 25.2 Å². The lowest BCUT2D eigenvalue weighted by Gasteiger charge is -2.31. The summed E-state index contributed by atoms with van der Waals surface area (Å²) in [6.45, 7) is 5.44. The van der Waals surface area contributed by atoms with Crippen LogP contribution in [0.25, 0.3) is 0 Å². The van der Waals surface area contributed by atoms with Crippen molar-refractivity contribution in [2.24, 2.45) is 17.8 Å². The van der Waals surface area contributed by atoms with Crippen molar-refractivity contribution in [3.8, 4) is 0 Å².